The molecule has 1 fully saturated rings. The first kappa shape index (κ1) is 30.6. The second kappa shape index (κ2) is 12.5. The molecule has 7 nitrogen and oxygen atoms in total. The number of allylic oxidation sites excluding steroid dienone is 2. The van der Waals surface area contributed by atoms with Crippen LogP contribution in [-0.2, 0) is 14.3 Å². The van der Waals surface area contributed by atoms with Crippen molar-refractivity contribution in [2.75, 3.05) is 10.8 Å². The highest BCUT2D eigenvalue weighted by molar-refractivity contribution is 6.35. The largest absolute Gasteiger partial charge is 0.450 e. The van der Waals surface area contributed by atoms with Gasteiger partial charge in [-0.05, 0) is 60.9 Å². The maximum Gasteiger partial charge on any atom is 0.339 e. The van der Waals surface area contributed by atoms with E-state index in [0.29, 0.717) is 39.3 Å². The van der Waals surface area contributed by atoms with E-state index in [-0.39, 0.29) is 53.0 Å². The van der Waals surface area contributed by atoms with Crippen molar-refractivity contribution in [3.8, 4) is 11.3 Å². The van der Waals surface area contributed by atoms with Crippen molar-refractivity contribution < 1.29 is 28.3 Å². The highest BCUT2D eigenvalue weighted by atomic mass is 35.5. The Labute approximate surface area is 268 Å². The summed E-state index contributed by atoms with van der Waals surface area (Å²) < 4.78 is 19.1. The molecule has 6 rings (SSSR count). The number of benzene rings is 3. The molecule has 4 aromatic rings. The maximum absolute atomic E-state index is 13.6. The number of rotatable bonds is 8. The van der Waals surface area contributed by atoms with Crippen molar-refractivity contribution in [2.45, 2.75) is 25.9 Å². The van der Waals surface area contributed by atoms with Crippen LogP contribution >= 0.6 is 23.2 Å². The number of fused-ring (bicyclic) bond motifs is 2. The second-order valence-corrected chi connectivity index (χ2v) is 11.9. The van der Waals surface area contributed by atoms with Crippen molar-refractivity contribution in [3.05, 3.63) is 107 Å². The number of imide groups is 1. The fourth-order valence-corrected chi connectivity index (χ4v) is 6.46. The second-order valence-electron chi connectivity index (χ2n) is 11.1. The lowest BCUT2D eigenvalue weighted by Crippen LogP contribution is -2.31. The lowest BCUT2D eigenvalue weighted by atomic mass is 9.78. The molecule has 0 saturated carbocycles. The summed E-state index contributed by atoms with van der Waals surface area (Å²) in [5.74, 6) is -2.94. The number of carbonyl (C=O) groups excluding carboxylic acids is 4. The number of pyridine rings is 1. The Morgan fingerprint density at radius 1 is 1.04 bits per heavy atom. The third kappa shape index (κ3) is 5.76. The van der Waals surface area contributed by atoms with Crippen LogP contribution in [0.5, 0.6) is 0 Å². The summed E-state index contributed by atoms with van der Waals surface area (Å²) in [5, 5.41) is 0.726. The lowest BCUT2D eigenvalue weighted by Gasteiger charge is -2.22. The number of nitrogens with zero attached hydrogens (tertiary/aromatic N) is 2. The Morgan fingerprint density at radius 2 is 1.78 bits per heavy atom. The number of ether oxygens (including phenoxy) is 1. The normalized spacial score (nSPS) is 19.9. The molecule has 0 N–H and O–H groups in total. The predicted molar refractivity (Wildman–Crippen MR) is 170 cm³/mol. The summed E-state index contributed by atoms with van der Waals surface area (Å²) >= 11 is 12.4. The number of amides is 2. The minimum absolute atomic E-state index is 0.0239. The first-order valence-corrected chi connectivity index (χ1v) is 15.4. The zero-order valence-corrected chi connectivity index (χ0v) is 25.6. The summed E-state index contributed by atoms with van der Waals surface area (Å²) in [7, 11) is 0. The zero-order chi connectivity index (χ0) is 31.8. The number of esters is 1. The minimum Gasteiger partial charge on any atom is -0.450 e. The fourth-order valence-electron chi connectivity index (χ4n) is 6.05. The topological polar surface area (TPSA) is 93.6 Å². The standard InChI is InChI=1S/C35H27Cl2FN2O5/c1-19-4-2-6-25-30(19)34(43)40(33(25)42)23-14-10-20(11-15-23)28-18-26(24-5-3-7-27(37)31(24)39-28)35(44)45-29(16-17-36)32(41)21-8-12-22(38)13-9-21/h2-5,7-15,18-19,25,29-30H,6,16-17H2,1H3. The number of carbonyl (C=O) groups is 4. The van der Waals surface area contributed by atoms with Gasteiger partial charge in [-0.25, -0.2) is 14.2 Å². The summed E-state index contributed by atoms with van der Waals surface area (Å²) in [6, 6.07) is 18.3. The lowest BCUT2D eigenvalue weighted by molar-refractivity contribution is -0.122. The number of Topliss-reactive ketones (excluding diaryl/α,β-unsaturated/α-hetero) is 1. The van der Waals surface area contributed by atoms with Gasteiger partial charge >= 0.3 is 5.97 Å². The van der Waals surface area contributed by atoms with Crippen LogP contribution in [0.1, 0.15) is 40.5 Å². The van der Waals surface area contributed by atoms with Gasteiger partial charge in [0, 0.05) is 28.8 Å². The molecule has 2 aliphatic rings. The predicted octanol–water partition coefficient (Wildman–Crippen LogP) is 7.43. The Balaban J connectivity index is 1.32. The molecule has 1 saturated heterocycles. The Morgan fingerprint density at radius 3 is 2.47 bits per heavy atom. The SMILES string of the molecule is CC1C=CCC2C(=O)N(c3ccc(-c4cc(C(=O)OC(CCCl)C(=O)c5ccc(F)cc5)c5cccc(Cl)c5n4)cc3)C(=O)C12. The molecule has 1 aliphatic heterocycles. The molecule has 4 unspecified atom stereocenters. The van der Waals surface area contributed by atoms with Gasteiger partial charge in [-0.2, -0.15) is 0 Å². The number of hydrogen-bond donors (Lipinski definition) is 0. The number of aromatic nitrogens is 1. The molecular weight excluding hydrogens is 618 g/mol. The monoisotopic (exact) mass is 644 g/mol. The van der Waals surface area contributed by atoms with Gasteiger partial charge in [0.1, 0.15) is 5.82 Å². The molecule has 10 heteroatoms. The summed E-state index contributed by atoms with van der Waals surface area (Å²) in [4.78, 5) is 59.2. The molecule has 1 aliphatic carbocycles. The average molecular weight is 646 g/mol. The molecule has 3 aromatic carbocycles. The van der Waals surface area contributed by atoms with E-state index in [0.717, 1.165) is 12.1 Å². The van der Waals surface area contributed by atoms with Crippen LogP contribution in [0, 0.1) is 23.6 Å². The van der Waals surface area contributed by atoms with Gasteiger partial charge in [0.25, 0.3) is 0 Å². The van der Waals surface area contributed by atoms with Gasteiger partial charge < -0.3 is 4.74 Å². The third-order valence-corrected chi connectivity index (χ3v) is 8.87. The van der Waals surface area contributed by atoms with Crippen molar-refractivity contribution in [2.24, 2.45) is 17.8 Å². The van der Waals surface area contributed by atoms with Crippen LogP contribution < -0.4 is 4.90 Å². The van der Waals surface area contributed by atoms with Crippen molar-refractivity contribution in [3.63, 3.8) is 0 Å². The summed E-state index contributed by atoms with van der Waals surface area (Å²) in [5.41, 5.74) is 2.10. The number of hydrogen-bond acceptors (Lipinski definition) is 6. The molecule has 4 atom stereocenters. The van der Waals surface area contributed by atoms with E-state index < -0.39 is 23.7 Å². The van der Waals surface area contributed by atoms with Gasteiger partial charge in [0.05, 0.1) is 39.3 Å². The van der Waals surface area contributed by atoms with Crippen LogP contribution in [0.4, 0.5) is 10.1 Å². The van der Waals surface area contributed by atoms with Gasteiger partial charge in [0.2, 0.25) is 17.6 Å². The smallest absolute Gasteiger partial charge is 0.339 e. The van der Waals surface area contributed by atoms with Crippen LogP contribution in [0.25, 0.3) is 22.2 Å². The zero-order valence-electron chi connectivity index (χ0n) is 24.1. The number of alkyl halides is 1. The average Bonchev–Trinajstić information content (AvgIpc) is 3.30. The molecule has 45 heavy (non-hydrogen) atoms. The van der Waals surface area contributed by atoms with Gasteiger partial charge in [-0.15, -0.1) is 11.6 Å². The highest BCUT2D eigenvalue weighted by Gasteiger charge is 2.50. The highest BCUT2D eigenvalue weighted by Crippen LogP contribution is 2.41. The third-order valence-electron chi connectivity index (χ3n) is 8.35. The first-order chi connectivity index (χ1) is 21.7. The molecule has 0 spiro atoms. The molecule has 228 valence electrons. The van der Waals surface area contributed by atoms with Crippen LogP contribution in [0.3, 0.4) is 0 Å². The van der Waals surface area contributed by atoms with E-state index >= 15 is 0 Å². The molecule has 0 radical (unpaired) electrons. The first-order valence-electron chi connectivity index (χ1n) is 14.5. The van der Waals surface area contributed by atoms with E-state index in [9.17, 15) is 23.6 Å². The van der Waals surface area contributed by atoms with Gasteiger partial charge in [-0.3, -0.25) is 19.3 Å². The van der Waals surface area contributed by atoms with Gasteiger partial charge in [-0.1, -0.05) is 54.9 Å². The Kier molecular flexibility index (Phi) is 8.53. The van der Waals surface area contributed by atoms with Crippen molar-refractivity contribution >= 4 is 63.4 Å². The van der Waals surface area contributed by atoms with E-state index in [1.165, 1.54) is 17.0 Å². The van der Waals surface area contributed by atoms with Crippen molar-refractivity contribution in [1.29, 1.82) is 0 Å². The van der Waals surface area contributed by atoms with Crippen molar-refractivity contribution in [1.82, 2.24) is 4.98 Å². The maximum atomic E-state index is 13.6. The van der Waals surface area contributed by atoms with E-state index in [1.54, 1.807) is 48.5 Å². The number of halogens is 3. The Hall–Kier alpha value is -4.40. The van der Waals surface area contributed by atoms with Crippen LogP contribution in [0.2, 0.25) is 5.02 Å². The minimum atomic E-state index is -1.21. The van der Waals surface area contributed by atoms with Gasteiger partial charge in [0.15, 0.2) is 6.10 Å². The summed E-state index contributed by atoms with van der Waals surface area (Å²) in [6.07, 6.45) is 3.32. The molecule has 2 amide bonds. The Bertz CT molecular complexity index is 1860. The molecule has 0 bridgehead atoms. The molecule has 1 aromatic heterocycles. The molecular formula is C35H27Cl2FN2O5. The quantitative estimate of drug-likeness (QED) is 0.0651. The number of ketones is 1. The van der Waals surface area contributed by atoms with E-state index in [2.05, 4.69) is 0 Å². The van der Waals surface area contributed by atoms with E-state index in [1.807, 2.05) is 19.1 Å². The fraction of sp³-hybridized carbons (Fsp3) is 0.229. The number of para-hydroxylation sites is 1. The molecule has 2 heterocycles. The van der Waals surface area contributed by atoms with Crippen LogP contribution in [-0.4, -0.2) is 40.5 Å². The van der Waals surface area contributed by atoms with E-state index in [4.69, 9.17) is 32.9 Å². The number of anilines is 1. The summed E-state index contributed by atoms with van der Waals surface area (Å²) in [6.45, 7) is 1.95. The van der Waals surface area contributed by atoms with Crippen LogP contribution in [0.15, 0.2) is 84.9 Å².